The third-order valence-electron chi connectivity index (χ3n) is 7.72. The predicted molar refractivity (Wildman–Crippen MR) is 118 cm³/mol. The fourth-order valence-electron chi connectivity index (χ4n) is 6.18. The van der Waals surface area contributed by atoms with Crippen LogP contribution >= 0.6 is 11.6 Å². The summed E-state index contributed by atoms with van der Waals surface area (Å²) in [4.78, 5) is 31.5. The Morgan fingerprint density at radius 2 is 1.68 bits per heavy atom. The van der Waals surface area contributed by atoms with E-state index in [1.54, 1.807) is 24.1 Å². The number of nitrogens with one attached hydrogen (secondary N) is 1. The first-order valence-corrected chi connectivity index (χ1v) is 12.1. The van der Waals surface area contributed by atoms with Crippen molar-refractivity contribution in [3.8, 4) is 5.75 Å². The molecule has 4 unspecified atom stereocenters. The highest BCUT2D eigenvalue weighted by Gasteiger charge is 2.52. The molecule has 4 aliphatic rings. The van der Waals surface area contributed by atoms with E-state index < -0.39 is 18.2 Å². The van der Waals surface area contributed by atoms with Crippen LogP contribution in [-0.4, -0.2) is 82.2 Å². The van der Waals surface area contributed by atoms with Crippen LogP contribution in [0.2, 0.25) is 0 Å². The third kappa shape index (κ3) is 4.47. The SMILES string of the molecule is CN1C(=O)C(=O)N(C2C[C@H]3CC[C@@H](C2)N3Cc2ccc(OC(F)(F)F)cc2)C2NCC(Cl)CC21. The van der Waals surface area contributed by atoms with Gasteiger partial charge in [0.05, 0.1) is 6.04 Å². The molecule has 2 amide bonds. The molecule has 34 heavy (non-hydrogen) atoms. The van der Waals surface area contributed by atoms with E-state index in [1.165, 1.54) is 17.0 Å². The lowest BCUT2D eigenvalue weighted by Crippen LogP contribution is -2.73. The van der Waals surface area contributed by atoms with E-state index in [4.69, 9.17) is 11.6 Å². The molecule has 0 spiro atoms. The standard InChI is InChI=1S/C23H28ClF3N4O3/c1-29-19-8-14(24)11-28-20(19)31(22(33)21(29)32)17-9-15-4-5-16(10-17)30(15)12-13-2-6-18(7-3-13)34-23(25,26)27/h2-3,6-7,14-17,19-20,28H,4-5,8-12H2,1H3/t14?,15-,16+,17?,19?,20?. The molecule has 7 nitrogen and oxygen atoms in total. The molecule has 1 aromatic rings. The molecular weight excluding hydrogens is 473 g/mol. The minimum Gasteiger partial charge on any atom is -0.406 e. The average molecular weight is 501 g/mol. The second-order valence-corrected chi connectivity index (χ2v) is 10.4. The van der Waals surface area contributed by atoms with Crippen LogP contribution in [0.3, 0.4) is 0 Å². The zero-order valence-corrected chi connectivity index (χ0v) is 19.6. The highest BCUT2D eigenvalue weighted by atomic mass is 35.5. The number of piperidine rings is 2. The van der Waals surface area contributed by atoms with Gasteiger partial charge in [0.15, 0.2) is 0 Å². The van der Waals surface area contributed by atoms with Gasteiger partial charge in [0.2, 0.25) is 0 Å². The summed E-state index contributed by atoms with van der Waals surface area (Å²) in [7, 11) is 1.67. The number of rotatable bonds is 4. The maximum absolute atomic E-state index is 13.1. The van der Waals surface area contributed by atoms with E-state index in [0.717, 1.165) is 31.2 Å². The van der Waals surface area contributed by atoms with Crippen molar-refractivity contribution in [1.82, 2.24) is 20.0 Å². The van der Waals surface area contributed by atoms with E-state index in [2.05, 4.69) is 15.0 Å². The number of halogens is 4. The number of ether oxygens (including phenoxy) is 1. The van der Waals surface area contributed by atoms with Crippen molar-refractivity contribution in [2.24, 2.45) is 0 Å². The van der Waals surface area contributed by atoms with Crippen molar-refractivity contribution in [2.75, 3.05) is 13.6 Å². The molecule has 1 aromatic carbocycles. The number of hydrogen-bond acceptors (Lipinski definition) is 5. The summed E-state index contributed by atoms with van der Waals surface area (Å²) >= 11 is 6.34. The summed E-state index contributed by atoms with van der Waals surface area (Å²) in [6.45, 7) is 1.22. The number of amides is 2. The number of likely N-dealkylation sites (N-methyl/N-ethyl adjacent to an activating group) is 1. The van der Waals surface area contributed by atoms with Gasteiger partial charge in [0, 0.05) is 43.6 Å². The Kier molecular flexibility index (Phi) is 6.18. The molecule has 4 saturated heterocycles. The summed E-state index contributed by atoms with van der Waals surface area (Å²) in [5.74, 6) is -1.17. The summed E-state index contributed by atoms with van der Waals surface area (Å²) in [5.41, 5.74) is 0.915. The molecule has 2 bridgehead atoms. The number of carbonyl (C=O) groups excluding carboxylic acids is 2. The number of carbonyl (C=O) groups is 2. The van der Waals surface area contributed by atoms with Crippen LogP contribution in [0.5, 0.6) is 5.75 Å². The Morgan fingerprint density at radius 1 is 1.03 bits per heavy atom. The maximum Gasteiger partial charge on any atom is 0.573 e. The van der Waals surface area contributed by atoms with Crippen LogP contribution in [0.15, 0.2) is 24.3 Å². The number of alkyl halides is 4. The van der Waals surface area contributed by atoms with Crippen molar-refractivity contribution in [1.29, 1.82) is 0 Å². The fourth-order valence-corrected chi connectivity index (χ4v) is 6.45. The first-order valence-electron chi connectivity index (χ1n) is 11.7. The Morgan fingerprint density at radius 3 is 2.29 bits per heavy atom. The average Bonchev–Trinajstić information content (AvgIpc) is 3.00. The van der Waals surface area contributed by atoms with Crippen LogP contribution < -0.4 is 10.1 Å². The van der Waals surface area contributed by atoms with Gasteiger partial charge in [-0.1, -0.05) is 12.1 Å². The summed E-state index contributed by atoms with van der Waals surface area (Å²) in [5, 5.41) is 3.31. The van der Waals surface area contributed by atoms with Crippen molar-refractivity contribution in [2.45, 2.75) is 80.7 Å². The predicted octanol–water partition coefficient (Wildman–Crippen LogP) is 2.68. The number of nitrogens with zero attached hydrogens (tertiary/aromatic N) is 3. The molecule has 4 heterocycles. The van der Waals surface area contributed by atoms with E-state index in [-0.39, 0.29) is 41.5 Å². The van der Waals surface area contributed by atoms with Crippen molar-refractivity contribution in [3.05, 3.63) is 29.8 Å². The van der Waals surface area contributed by atoms with Gasteiger partial charge in [0.25, 0.3) is 0 Å². The van der Waals surface area contributed by atoms with Crippen molar-refractivity contribution in [3.63, 3.8) is 0 Å². The zero-order chi connectivity index (χ0) is 24.2. The molecule has 11 heteroatoms. The summed E-state index contributed by atoms with van der Waals surface area (Å²) < 4.78 is 41.2. The molecule has 6 atom stereocenters. The minimum atomic E-state index is -4.71. The topological polar surface area (TPSA) is 65.1 Å². The van der Waals surface area contributed by atoms with Gasteiger partial charge in [-0.2, -0.15) is 0 Å². The first-order chi connectivity index (χ1) is 16.1. The molecule has 0 radical (unpaired) electrons. The molecule has 186 valence electrons. The summed E-state index contributed by atoms with van der Waals surface area (Å²) in [6, 6.07) is 6.32. The molecule has 0 saturated carbocycles. The Hall–Kier alpha value is -2.04. The maximum atomic E-state index is 13.1. The van der Waals surface area contributed by atoms with Crippen LogP contribution in [0, 0.1) is 0 Å². The second kappa shape index (κ2) is 8.87. The highest BCUT2D eigenvalue weighted by Crippen LogP contribution is 2.41. The highest BCUT2D eigenvalue weighted by molar-refractivity contribution is 6.35. The van der Waals surface area contributed by atoms with Crippen molar-refractivity contribution < 1.29 is 27.5 Å². The van der Waals surface area contributed by atoms with Crippen LogP contribution in [0.25, 0.3) is 0 Å². The van der Waals surface area contributed by atoms with Gasteiger partial charge in [0.1, 0.15) is 11.9 Å². The fraction of sp³-hybridized carbons (Fsp3) is 0.652. The first kappa shape index (κ1) is 23.7. The van der Waals surface area contributed by atoms with Gasteiger partial charge in [-0.05, 0) is 49.8 Å². The minimum absolute atomic E-state index is 0.0339. The van der Waals surface area contributed by atoms with Gasteiger partial charge >= 0.3 is 18.2 Å². The molecule has 4 aliphatic heterocycles. The normalized spacial score (nSPS) is 34.4. The largest absolute Gasteiger partial charge is 0.573 e. The van der Waals surface area contributed by atoms with E-state index in [0.29, 0.717) is 19.5 Å². The van der Waals surface area contributed by atoms with E-state index in [1.807, 2.05) is 0 Å². The lowest BCUT2D eigenvalue weighted by atomic mass is 9.90. The lowest BCUT2D eigenvalue weighted by Gasteiger charge is -2.53. The molecule has 0 aliphatic carbocycles. The van der Waals surface area contributed by atoms with Gasteiger partial charge in [-0.3, -0.25) is 19.8 Å². The van der Waals surface area contributed by atoms with E-state index >= 15 is 0 Å². The van der Waals surface area contributed by atoms with Crippen LogP contribution in [0.1, 0.15) is 37.7 Å². The molecule has 1 N–H and O–H groups in total. The van der Waals surface area contributed by atoms with Crippen LogP contribution in [-0.2, 0) is 16.1 Å². The quantitative estimate of drug-likeness (QED) is 0.509. The number of benzene rings is 1. The van der Waals surface area contributed by atoms with Gasteiger partial charge in [-0.15, -0.1) is 24.8 Å². The van der Waals surface area contributed by atoms with Gasteiger partial charge < -0.3 is 14.5 Å². The van der Waals surface area contributed by atoms with Crippen molar-refractivity contribution >= 4 is 23.4 Å². The lowest BCUT2D eigenvalue weighted by molar-refractivity contribution is -0.274. The number of fused-ring (bicyclic) bond motifs is 3. The summed E-state index contributed by atoms with van der Waals surface area (Å²) in [6.07, 6.45) is -0.767. The Balaban J connectivity index is 1.28. The molecule has 0 aromatic heterocycles. The zero-order valence-electron chi connectivity index (χ0n) is 18.8. The second-order valence-electron chi connectivity index (χ2n) is 9.76. The Bertz CT molecular complexity index is 932. The Labute approximate surface area is 201 Å². The number of piperazine rings is 1. The monoisotopic (exact) mass is 500 g/mol. The molecule has 5 rings (SSSR count). The number of hydrogen-bond donors (Lipinski definition) is 1. The smallest absolute Gasteiger partial charge is 0.406 e. The molecular formula is C23H28ClF3N4O3. The molecule has 4 fully saturated rings. The van der Waals surface area contributed by atoms with E-state index in [9.17, 15) is 22.8 Å². The van der Waals surface area contributed by atoms with Gasteiger partial charge in [-0.25, -0.2) is 0 Å². The third-order valence-corrected chi connectivity index (χ3v) is 8.05. The van der Waals surface area contributed by atoms with Crippen LogP contribution in [0.4, 0.5) is 13.2 Å².